The number of hydrogen-bond donors (Lipinski definition) is 1. The summed E-state index contributed by atoms with van der Waals surface area (Å²) in [4.78, 5) is 39.7. The molecule has 170 valence electrons. The average molecular weight is 516 g/mol. The van der Waals surface area contributed by atoms with E-state index in [4.69, 9.17) is 0 Å². The molecule has 0 saturated heterocycles. The normalized spacial score (nSPS) is 11.3. The Morgan fingerprint density at radius 1 is 1.09 bits per heavy atom. The standard InChI is InChI=1S/C26H22BrN5O2/c1-15-29-21-13-28-11-10-22(21)32(15)14-16-4-6-17(7-5-16)25(33)23-19-9-8-18(27)12-20(19)30-24(23)26(34)31(2)3/h4-13,30H,14H2,1-3H3. The second-order valence-electron chi connectivity index (χ2n) is 8.40. The van der Waals surface area contributed by atoms with E-state index in [0.29, 0.717) is 23.4 Å². The van der Waals surface area contributed by atoms with E-state index in [0.717, 1.165) is 37.8 Å². The largest absolute Gasteiger partial charge is 0.350 e. The topological polar surface area (TPSA) is 83.9 Å². The molecular formula is C26H22BrN5O2. The third-order valence-electron chi connectivity index (χ3n) is 5.91. The van der Waals surface area contributed by atoms with Crippen LogP contribution in [0.5, 0.6) is 0 Å². The molecule has 0 unspecified atom stereocenters. The quantitative estimate of drug-likeness (QED) is 0.335. The number of fused-ring (bicyclic) bond motifs is 2. The van der Waals surface area contributed by atoms with Crippen molar-refractivity contribution in [2.75, 3.05) is 14.1 Å². The molecule has 34 heavy (non-hydrogen) atoms. The first kappa shape index (κ1) is 22.0. The smallest absolute Gasteiger partial charge is 0.270 e. The van der Waals surface area contributed by atoms with Crippen LogP contribution < -0.4 is 0 Å². The van der Waals surface area contributed by atoms with Crippen molar-refractivity contribution in [3.05, 3.63) is 93.6 Å². The number of benzene rings is 2. The molecule has 0 bridgehead atoms. The molecule has 5 rings (SSSR count). The molecule has 0 aliphatic carbocycles. The lowest BCUT2D eigenvalue weighted by molar-refractivity contribution is 0.0817. The van der Waals surface area contributed by atoms with E-state index >= 15 is 0 Å². The Hall–Kier alpha value is -3.78. The summed E-state index contributed by atoms with van der Waals surface area (Å²) < 4.78 is 2.99. The SMILES string of the molecule is Cc1nc2cnccc2n1Cc1ccc(C(=O)c2c(C(=O)N(C)C)[nH]c3cc(Br)ccc23)cc1. The lowest BCUT2D eigenvalue weighted by atomic mass is 9.98. The third-order valence-corrected chi connectivity index (χ3v) is 6.40. The summed E-state index contributed by atoms with van der Waals surface area (Å²) in [5.74, 6) is 0.463. The first-order valence-electron chi connectivity index (χ1n) is 10.8. The van der Waals surface area contributed by atoms with Crippen molar-refractivity contribution in [2.24, 2.45) is 0 Å². The van der Waals surface area contributed by atoms with Gasteiger partial charge in [0, 0.05) is 47.8 Å². The van der Waals surface area contributed by atoms with E-state index in [1.54, 1.807) is 26.5 Å². The summed E-state index contributed by atoms with van der Waals surface area (Å²) in [6.07, 6.45) is 3.51. The van der Waals surface area contributed by atoms with E-state index in [1.807, 2.05) is 55.5 Å². The van der Waals surface area contributed by atoms with Gasteiger partial charge in [-0.2, -0.15) is 0 Å². The van der Waals surface area contributed by atoms with Gasteiger partial charge < -0.3 is 14.5 Å². The van der Waals surface area contributed by atoms with Gasteiger partial charge in [0.1, 0.15) is 17.0 Å². The van der Waals surface area contributed by atoms with E-state index in [1.165, 1.54) is 4.90 Å². The van der Waals surface area contributed by atoms with Crippen molar-refractivity contribution in [3.63, 3.8) is 0 Å². The molecule has 3 heterocycles. The zero-order chi connectivity index (χ0) is 24.0. The van der Waals surface area contributed by atoms with Crippen LogP contribution in [-0.4, -0.2) is 50.2 Å². The highest BCUT2D eigenvalue weighted by molar-refractivity contribution is 9.10. The number of nitrogens with one attached hydrogen (secondary N) is 1. The first-order chi connectivity index (χ1) is 16.3. The van der Waals surface area contributed by atoms with Crippen LogP contribution in [0.25, 0.3) is 21.9 Å². The third kappa shape index (κ3) is 3.80. The van der Waals surface area contributed by atoms with Crippen molar-refractivity contribution in [3.8, 4) is 0 Å². The predicted octanol–water partition coefficient (Wildman–Crippen LogP) is 4.96. The summed E-state index contributed by atoms with van der Waals surface area (Å²) in [6, 6.07) is 15.1. The number of hydrogen-bond acceptors (Lipinski definition) is 4. The molecule has 0 radical (unpaired) electrons. The number of aromatic amines is 1. The molecule has 0 spiro atoms. The number of aromatic nitrogens is 4. The summed E-state index contributed by atoms with van der Waals surface area (Å²) >= 11 is 3.46. The Morgan fingerprint density at radius 2 is 1.85 bits per heavy atom. The van der Waals surface area contributed by atoms with E-state index < -0.39 is 0 Å². The van der Waals surface area contributed by atoms with Gasteiger partial charge in [-0.05, 0) is 30.7 Å². The van der Waals surface area contributed by atoms with Crippen LogP contribution in [0.2, 0.25) is 0 Å². The van der Waals surface area contributed by atoms with Crippen LogP contribution in [-0.2, 0) is 6.54 Å². The van der Waals surface area contributed by atoms with Crippen molar-refractivity contribution < 1.29 is 9.59 Å². The number of nitrogens with zero attached hydrogens (tertiary/aromatic N) is 4. The minimum absolute atomic E-state index is 0.194. The van der Waals surface area contributed by atoms with Gasteiger partial charge in [0.15, 0.2) is 5.78 Å². The number of imidazole rings is 1. The van der Waals surface area contributed by atoms with Gasteiger partial charge >= 0.3 is 0 Å². The molecule has 1 amide bonds. The molecule has 7 nitrogen and oxygen atoms in total. The van der Waals surface area contributed by atoms with Gasteiger partial charge in [-0.1, -0.05) is 46.3 Å². The highest BCUT2D eigenvalue weighted by atomic mass is 79.9. The Labute approximate surface area is 204 Å². The second kappa shape index (κ2) is 8.53. The van der Waals surface area contributed by atoms with E-state index in [2.05, 4.69) is 35.4 Å². The molecule has 0 fully saturated rings. The number of pyridine rings is 1. The maximum atomic E-state index is 13.6. The van der Waals surface area contributed by atoms with Gasteiger partial charge in [-0.3, -0.25) is 14.6 Å². The molecule has 2 aromatic carbocycles. The number of H-pyrrole nitrogens is 1. The fourth-order valence-corrected chi connectivity index (χ4v) is 4.54. The number of rotatable bonds is 5. The van der Waals surface area contributed by atoms with Crippen LogP contribution in [0.3, 0.4) is 0 Å². The Kier molecular flexibility index (Phi) is 5.53. The summed E-state index contributed by atoms with van der Waals surface area (Å²) in [5.41, 5.74) is 4.86. The monoisotopic (exact) mass is 515 g/mol. The zero-order valence-corrected chi connectivity index (χ0v) is 20.5. The van der Waals surface area contributed by atoms with Crippen LogP contribution in [0.1, 0.15) is 37.8 Å². The lowest BCUT2D eigenvalue weighted by Crippen LogP contribution is -2.24. The van der Waals surface area contributed by atoms with Gasteiger partial charge in [0.05, 0.1) is 17.3 Å². The number of halogens is 1. The fourth-order valence-electron chi connectivity index (χ4n) is 4.18. The Balaban J connectivity index is 1.51. The highest BCUT2D eigenvalue weighted by Crippen LogP contribution is 2.29. The first-order valence-corrected chi connectivity index (χ1v) is 11.6. The molecule has 0 aliphatic heterocycles. The van der Waals surface area contributed by atoms with Crippen LogP contribution in [0, 0.1) is 6.92 Å². The van der Waals surface area contributed by atoms with Gasteiger partial charge in [0.25, 0.3) is 5.91 Å². The molecule has 0 aliphatic rings. The number of ketones is 1. The molecule has 3 aromatic heterocycles. The van der Waals surface area contributed by atoms with Crippen molar-refractivity contribution >= 4 is 49.6 Å². The van der Waals surface area contributed by atoms with E-state index in [9.17, 15) is 9.59 Å². The fraction of sp³-hybridized carbons (Fsp3) is 0.154. The number of carbonyl (C=O) groups is 2. The molecular weight excluding hydrogens is 494 g/mol. The van der Waals surface area contributed by atoms with Gasteiger partial charge in [-0.25, -0.2) is 4.98 Å². The molecule has 0 atom stereocenters. The van der Waals surface area contributed by atoms with Crippen LogP contribution in [0.4, 0.5) is 0 Å². The minimum atomic E-state index is -0.246. The summed E-state index contributed by atoms with van der Waals surface area (Å²) in [5, 5.41) is 0.719. The number of amides is 1. The minimum Gasteiger partial charge on any atom is -0.350 e. The molecule has 8 heteroatoms. The molecule has 0 saturated carbocycles. The van der Waals surface area contributed by atoms with Crippen LogP contribution >= 0.6 is 15.9 Å². The van der Waals surface area contributed by atoms with Crippen molar-refractivity contribution in [1.82, 2.24) is 24.4 Å². The Bertz CT molecular complexity index is 1560. The second-order valence-corrected chi connectivity index (χ2v) is 9.32. The number of carbonyl (C=O) groups excluding carboxylic acids is 2. The molecule has 1 N–H and O–H groups in total. The zero-order valence-electron chi connectivity index (χ0n) is 19.0. The maximum Gasteiger partial charge on any atom is 0.270 e. The average Bonchev–Trinajstić information content (AvgIpc) is 3.35. The van der Waals surface area contributed by atoms with Gasteiger partial charge in [-0.15, -0.1) is 0 Å². The summed E-state index contributed by atoms with van der Waals surface area (Å²) in [7, 11) is 3.34. The van der Waals surface area contributed by atoms with Crippen molar-refractivity contribution in [2.45, 2.75) is 13.5 Å². The van der Waals surface area contributed by atoms with Gasteiger partial charge in [0.2, 0.25) is 0 Å². The van der Waals surface area contributed by atoms with Crippen LogP contribution in [0.15, 0.2) is 65.4 Å². The predicted molar refractivity (Wildman–Crippen MR) is 135 cm³/mol. The highest BCUT2D eigenvalue weighted by Gasteiger charge is 2.25. The lowest BCUT2D eigenvalue weighted by Gasteiger charge is -2.11. The summed E-state index contributed by atoms with van der Waals surface area (Å²) in [6.45, 7) is 2.60. The van der Waals surface area contributed by atoms with E-state index in [-0.39, 0.29) is 11.7 Å². The maximum absolute atomic E-state index is 13.6. The molecule has 5 aromatic rings. The number of aryl methyl sites for hydroxylation is 1. The van der Waals surface area contributed by atoms with Crippen molar-refractivity contribution in [1.29, 1.82) is 0 Å². The Morgan fingerprint density at radius 3 is 2.59 bits per heavy atom.